The van der Waals surface area contributed by atoms with Crippen molar-refractivity contribution in [2.45, 2.75) is 27.2 Å². The van der Waals surface area contributed by atoms with E-state index in [1.165, 1.54) is 11.3 Å². The highest BCUT2D eigenvalue weighted by Gasteiger charge is 2.17. The molecular formula is C15H19N5. The molecule has 0 fully saturated rings. The molecule has 0 radical (unpaired) electrons. The number of rotatable bonds is 3. The minimum absolute atomic E-state index is 0.550. The lowest BCUT2D eigenvalue weighted by Crippen LogP contribution is -2.19. The van der Waals surface area contributed by atoms with Crippen LogP contribution in [0.3, 0.4) is 0 Å². The van der Waals surface area contributed by atoms with Gasteiger partial charge in [-0.2, -0.15) is 5.10 Å². The first-order valence-corrected chi connectivity index (χ1v) is 7.00. The topological polar surface area (TPSA) is 53.9 Å². The first kappa shape index (κ1) is 12.8. The van der Waals surface area contributed by atoms with Gasteiger partial charge in [-0.05, 0) is 44.9 Å². The molecule has 0 bridgehead atoms. The third kappa shape index (κ3) is 2.31. The van der Waals surface area contributed by atoms with Gasteiger partial charge in [-0.1, -0.05) is 6.07 Å². The molecule has 0 atom stereocenters. The summed E-state index contributed by atoms with van der Waals surface area (Å²) in [7, 11) is 0. The number of hydrogen-bond acceptors (Lipinski definition) is 5. The van der Waals surface area contributed by atoms with Crippen LogP contribution in [0.4, 0.5) is 17.3 Å². The second-order valence-electron chi connectivity index (χ2n) is 5.10. The highest BCUT2D eigenvalue weighted by atomic mass is 15.2. The van der Waals surface area contributed by atoms with E-state index in [0.29, 0.717) is 5.95 Å². The first-order chi connectivity index (χ1) is 9.67. The second-order valence-corrected chi connectivity index (χ2v) is 5.10. The molecule has 0 amide bonds. The standard InChI is InChI=1S/C15H19N5/c1-4-20-8-7-12-5-6-13(9-14(12)20)17-15-16-10(2)11(3)18-19-15/h5-6,9H,4,7-8H2,1-3H3,(H,16,17,19). The molecule has 0 saturated heterocycles. The van der Waals surface area contributed by atoms with E-state index in [1.54, 1.807) is 0 Å². The van der Waals surface area contributed by atoms with Crippen LogP contribution in [0.25, 0.3) is 0 Å². The number of aromatic nitrogens is 3. The molecule has 0 saturated carbocycles. The number of hydrogen-bond donors (Lipinski definition) is 1. The summed E-state index contributed by atoms with van der Waals surface area (Å²) >= 11 is 0. The van der Waals surface area contributed by atoms with Crippen molar-refractivity contribution in [1.82, 2.24) is 15.2 Å². The summed E-state index contributed by atoms with van der Waals surface area (Å²) < 4.78 is 0. The predicted octanol–water partition coefficient (Wildman–Crippen LogP) is 2.61. The van der Waals surface area contributed by atoms with Crippen LogP contribution in [-0.2, 0) is 6.42 Å². The normalized spacial score (nSPS) is 13.4. The number of likely N-dealkylation sites (N-methyl/N-ethyl adjacent to an activating group) is 1. The third-order valence-electron chi connectivity index (χ3n) is 3.81. The van der Waals surface area contributed by atoms with Gasteiger partial charge in [0.25, 0.3) is 0 Å². The van der Waals surface area contributed by atoms with Gasteiger partial charge in [-0.15, -0.1) is 5.10 Å². The van der Waals surface area contributed by atoms with Gasteiger partial charge in [0.2, 0.25) is 5.95 Å². The van der Waals surface area contributed by atoms with Gasteiger partial charge >= 0.3 is 0 Å². The molecule has 3 rings (SSSR count). The Morgan fingerprint density at radius 2 is 2.05 bits per heavy atom. The minimum Gasteiger partial charge on any atom is -0.371 e. The van der Waals surface area contributed by atoms with Crippen molar-refractivity contribution >= 4 is 17.3 Å². The largest absolute Gasteiger partial charge is 0.371 e. The minimum atomic E-state index is 0.550. The lowest BCUT2D eigenvalue weighted by atomic mass is 10.1. The van der Waals surface area contributed by atoms with Crippen molar-refractivity contribution in [2.24, 2.45) is 0 Å². The Bertz CT molecular complexity index is 638. The molecular weight excluding hydrogens is 250 g/mol. The van der Waals surface area contributed by atoms with Gasteiger partial charge in [0, 0.05) is 24.5 Å². The molecule has 2 heterocycles. The summed E-state index contributed by atoms with van der Waals surface area (Å²) in [6.07, 6.45) is 1.13. The highest BCUT2D eigenvalue weighted by molar-refractivity contribution is 5.67. The van der Waals surface area contributed by atoms with Crippen molar-refractivity contribution in [3.8, 4) is 0 Å². The van der Waals surface area contributed by atoms with Crippen molar-refractivity contribution in [3.05, 3.63) is 35.2 Å². The van der Waals surface area contributed by atoms with Gasteiger partial charge < -0.3 is 10.2 Å². The zero-order valence-corrected chi connectivity index (χ0v) is 12.1. The molecule has 20 heavy (non-hydrogen) atoms. The van der Waals surface area contributed by atoms with Crippen LogP contribution in [0.15, 0.2) is 18.2 Å². The maximum atomic E-state index is 4.40. The number of nitrogens with zero attached hydrogens (tertiary/aromatic N) is 4. The zero-order valence-electron chi connectivity index (χ0n) is 12.1. The molecule has 1 aromatic heterocycles. The van der Waals surface area contributed by atoms with Gasteiger partial charge in [0.05, 0.1) is 11.4 Å². The summed E-state index contributed by atoms with van der Waals surface area (Å²) in [6.45, 7) is 8.19. The second kappa shape index (κ2) is 5.07. The van der Waals surface area contributed by atoms with E-state index in [9.17, 15) is 0 Å². The van der Waals surface area contributed by atoms with Crippen LogP contribution < -0.4 is 10.2 Å². The van der Waals surface area contributed by atoms with Gasteiger partial charge in [0.1, 0.15) is 0 Å². The van der Waals surface area contributed by atoms with E-state index in [-0.39, 0.29) is 0 Å². The van der Waals surface area contributed by atoms with Crippen molar-refractivity contribution in [2.75, 3.05) is 23.3 Å². The van der Waals surface area contributed by atoms with Crippen molar-refractivity contribution in [1.29, 1.82) is 0 Å². The van der Waals surface area contributed by atoms with Crippen LogP contribution in [0.1, 0.15) is 23.9 Å². The number of fused-ring (bicyclic) bond motifs is 1. The quantitative estimate of drug-likeness (QED) is 0.928. The highest BCUT2D eigenvalue weighted by Crippen LogP contribution is 2.31. The average molecular weight is 269 g/mol. The Balaban J connectivity index is 1.86. The summed E-state index contributed by atoms with van der Waals surface area (Å²) in [5, 5.41) is 11.4. The smallest absolute Gasteiger partial charge is 0.247 e. The third-order valence-corrected chi connectivity index (χ3v) is 3.81. The number of nitrogens with one attached hydrogen (secondary N) is 1. The average Bonchev–Trinajstić information content (AvgIpc) is 2.85. The van der Waals surface area contributed by atoms with E-state index in [4.69, 9.17) is 0 Å². The molecule has 104 valence electrons. The molecule has 1 aromatic carbocycles. The number of benzene rings is 1. The fourth-order valence-electron chi connectivity index (χ4n) is 2.49. The molecule has 0 aliphatic carbocycles. The Hall–Kier alpha value is -2.17. The van der Waals surface area contributed by atoms with E-state index < -0.39 is 0 Å². The summed E-state index contributed by atoms with van der Waals surface area (Å²) in [6, 6.07) is 6.43. The van der Waals surface area contributed by atoms with E-state index in [2.05, 4.69) is 50.5 Å². The maximum absolute atomic E-state index is 4.40. The molecule has 2 aromatic rings. The number of anilines is 3. The molecule has 5 heteroatoms. The Morgan fingerprint density at radius 1 is 1.20 bits per heavy atom. The SMILES string of the molecule is CCN1CCc2ccc(Nc3nnc(C)c(C)n3)cc21. The number of aryl methyl sites for hydroxylation is 2. The van der Waals surface area contributed by atoms with E-state index >= 15 is 0 Å². The maximum Gasteiger partial charge on any atom is 0.247 e. The van der Waals surface area contributed by atoms with Gasteiger partial charge in [-0.3, -0.25) is 0 Å². The van der Waals surface area contributed by atoms with Gasteiger partial charge in [-0.25, -0.2) is 4.98 Å². The first-order valence-electron chi connectivity index (χ1n) is 7.00. The van der Waals surface area contributed by atoms with E-state index in [1.807, 2.05) is 13.8 Å². The monoisotopic (exact) mass is 269 g/mol. The van der Waals surface area contributed by atoms with Crippen LogP contribution in [0.2, 0.25) is 0 Å². The van der Waals surface area contributed by atoms with Crippen molar-refractivity contribution < 1.29 is 0 Å². The van der Waals surface area contributed by atoms with Crippen LogP contribution in [0.5, 0.6) is 0 Å². The fourth-order valence-corrected chi connectivity index (χ4v) is 2.49. The molecule has 1 aliphatic heterocycles. The van der Waals surface area contributed by atoms with Crippen LogP contribution >= 0.6 is 0 Å². The lowest BCUT2D eigenvalue weighted by molar-refractivity contribution is 0.868. The molecule has 5 nitrogen and oxygen atoms in total. The van der Waals surface area contributed by atoms with Gasteiger partial charge in [0.15, 0.2) is 0 Å². The van der Waals surface area contributed by atoms with Crippen molar-refractivity contribution in [3.63, 3.8) is 0 Å². The lowest BCUT2D eigenvalue weighted by Gasteiger charge is -2.17. The zero-order chi connectivity index (χ0) is 14.1. The summed E-state index contributed by atoms with van der Waals surface area (Å²) in [4.78, 5) is 6.79. The van der Waals surface area contributed by atoms with Crippen LogP contribution in [0, 0.1) is 13.8 Å². The Kier molecular flexibility index (Phi) is 3.26. The molecule has 0 spiro atoms. The Morgan fingerprint density at radius 3 is 2.80 bits per heavy atom. The Labute approximate surface area is 119 Å². The molecule has 1 aliphatic rings. The fraction of sp³-hybridized carbons (Fsp3) is 0.400. The summed E-state index contributed by atoms with van der Waals surface area (Å²) in [5.41, 5.74) is 5.50. The van der Waals surface area contributed by atoms with Crippen LogP contribution in [-0.4, -0.2) is 28.3 Å². The summed E-state index contributed by atoms with van der Waals surface area (Å²) in [5.74, 6) is 0.550. The molecule has 1 N–H and O–H groups in total. The predicted molar refractivity (Wildman–Crippen MR) is 80.6 cm³/mol. The molecule has 0 unspecified atom stereocenters. The van der Waals surface area contributed by atoms with E-state index in [0.717, 1.165) is 36.6 Å².